The number of hydrogen-bond acceptors (Lipinski definition) is 3. The highest BCUT2D eigenvalue weighted by atomic mass is 16.5. The molecule has 3 nitrogen and oxygen atoms in total. The number of ether oxygens (including phenoxy) is 1. The first kappa shape index (κ1) is 19.6. The van der Waals surface area contributed by atoms with Crippen LogP contribution in [-0.4, -0.2) is 41.5 Å². The summed E-state index contributed by atoms with van der Waals surface area (Å²) >= 11 is 0. The third-order valence-corrected chi connectivity index (χ3v) is 5.51. The standard InChI is InChI=1S/C19H37NO2/c1-8-10-11-13-22-17-15(16(21)12-9-2)14-18(3,4)20(7)19(17,5)6/h15,17H,8-14H2,1-7H3. The molecule has 0 aliphatic carbocycles. The summed E-state index contributed by atoms with van der Waals surface area (Å²) in [6.45, 7) is 14.0. The van der Waals surface area contributed by atoms with Crippen LogP contribution in [0.4, 0.5) is 0 Å². The van der Waals surface area contributed by atoms with Gasteiger partial charge in [-0.2, -0.15) is 0 Å². The highest BCUT2D eigenvalue weighted by molar-refractivity contribution is 5.82. The maximum Gasteiger partial charge on any atom is 0.138 e. The van der Waals surface area contributed by atoms with E-state index in [0.29, 0.717) is 12.2 Å². The van der Waals surface area contributed by atoms with E-state index in [1.54, 1.807) is 0 Å². The van der Waals surface area contributed by atoms with Gasteiger partial charge in [0.05, 0.1) is 6.10 Å². The Balaban J connectivity index is 2.94. The Hall–Kier alpha value is -0.410. The van der Waals surface area contributed by atoms with Crippen molar-refractivity contribution in [2.24, 2.45) is 5.92 Å². The van der Waals surface area contributed by atoms with Crippen molar-refractivity contribution in [2.75, 3.05) is 13.7 Å². The SMILES string of the molecule is CCCCCOC1C(C(=O)CCC)CC(C)(C)N(C)C1(C)C. The highest BCUT2D eigenvalue weighted by Gasteiger charge is 2.52. The van der Waals surface area contributed by atoms with Crippen molar-refractivity contribution < 1.29 is 9.53 Å². The molecule has 0 aromatic heterocycles. The Labute approximate surface area is 137 Å². The van der Waals surface area contributed by atoms with Crippen LogP contribution in [0.1, 0.15) is 80.1 Å². The van der Waals surface area contributed by atoms with Gasteiger partial charge in [-0.3, -0.25) is 9.69 Å². The van der Waals surface area contributed by atoms with Gasteiger partial charge in [0.2, 0.25) is 0 Å². The van der Waals surface area contributed by atoms with E-state index in [9.17, 15) is 4.79 Å². The summed E-state index contributed by atoms with van der Waals surface area (Å²) in [7, 11) is 2.17. The van der Waals surface area contributed by atoms with Crippen molar-refractivity contribution in [1.82, 2.24) is 4.90 Å². The molecule has 1 aliphatic heterocycles. The molecule has 0 bridgehead atoms. The van der Waals surface area contributed by atoms with Gasteiger partial charge in [-0.15, -0.1) is 0 Å². The number of likely N-dealkylation sites (tertiary alicyclic amines) is 1. The summed E-state index contributed by atoms with van der Waals surface area (Å²) < 4.78 is 6.28. The molecule has 1 saturated heterocycles. The maximum absolute atomic E-state index is 12.7. The number of carbonyl (C=O) groups is 1. The molecular formula is C19H37NO2. The average molecular weight is 312 g/mol. The van der Waals surface area contributed by atoms with Gasteiger partial charge in [-0.05, 0) is 54.0 Å². The number of hydrogen-bond donors (Lipinski definition) is 0. The fourth-order valence-electron chi connectivity index (χ4n) is 3.84. The maximum atomic E-state index is 12.7. The van der Waals surface area contributed by atoms with E-state index in [1.165, 1.54) is 12.8 Å². The second-order valence-electron chi connectivity index (χ2n) is 8.05. The number of rotatable bonds is 8. The number of unbranched alkanes of at least 4 members (excludes halogenated alkanes) is 2. The van der Waals surface area contributed by atoms with E-state index in [4.69, 9.17) is 4.74 Å². The molecule has 22 heavy (non-hydrogen) atoms. The predicted octanol–water partition coefficient (Wildman–Crippen LogP) is 4.44. The van der Waals surface area contributed by atoms with E-state index in [2.05, 4.69) is 53.5 Å². The van der Waals surface area contributed by atoms with E-state index >= 15 is 0 Å². The smallest absolute Gasteiger partial charge is 0.138 e. The largest absolute Gasteiger partial charge is 0.376 e. The molecule has 1 aliphatic rings. The van der Waals surface area contributed by atoms with Crippen LogP contribution in [0.15, 0.2) is 0 Å². The lowest BCUT2D eigenvalue weighted by molar-refractivity contribution is -0.164. The number of carbonyl (C=O) groups excluding carboxylic acids is 1. The molecule has 0 radical (unpaired) electrons. The van der Waals surface area contributed by atoms with Crippen LogP contribution in [0.25, 0.3) is 0 Å². The van der Waals surface area contributed by atoms with Crippen LogP contribution in [0.3, 0.4) is 0 Å². The van der Waals surface area contributed by atoms with E-state index in [0.717, 1.165) is 25.9 Å². The van der Waals surface area contributed by atoms with Crippen molar-refractivity contribution in [1.29, 1.82) is 0 Å². The van der Waals surface area contributed by atoms with Crippen molar-refractivity contribution >= 4 is 5.78 Å². The molecule has 2 unspecified atom stereocenters. The van der Waals surface area contributed by atoms with Crippen LogP contribution in [0, 0.1) is 5.92 Å². The van der Waals surface area contributed by atoms with Gasteiger partial charge in [0.15, 0.2) is 0 Å². The minimum absolute atomic E-state index is 0.00133. The summed E-state index contributed by atoms with van der Waals surface area (Å²) in [6.07, 6.45) is 5.98. The second kappa shape index (κ2) is 7.92. The second-order valence-corrected chi connectivity index (χ2v) is 8.05. The molecule has 2 atom stereocenters. The van der Waals surface area contributed by atoms with Crippen LogP contribution in [0.5, 0.6) is 0 Å². The Morgan fingerprint density at radius 1 is 1.14 bits per heavy atom. The summed E-state index contributed by atoms with van der Waals surface area (Å²) in [5.74, 6) is 0.417. The van der Waals surface area contributed by atoms with Crippen molar-refractivity contribution in [3.63, 3.8) is 0 Å². The highest BCUT2D eigenvalue weighted by Crippen LogP contribution is 2.42. The normalized spacial score (nSPS) is 27.8. The molecule has 0 saturated carbocycles. The lowest BCUT2D eigenvalue weighted by atomic mass is 9.69. The first-order chi connectivity index (χ1) is 10.2. The topological polar surface area (TPSA) is 29.5 Å². The lowest BCUT2D eigenvalue weighted by Crippen LogP contribution is -2.67. The number of likely N-dealkylation sites (N-methyl/N-ethyl adjacent to an activating group) is 1. The third kappa shape index (κ3) is 4.32. The van der Waals surface area contributed by atoms with Crippen molar-refractivity contribution in [2.45, 2.75) is 97.2 Å². The summed E-state index contributed by atoms with van der Waals surface area (Å²) in [6, 6.07) is 0. The minimum atomic E-state index is -0.123. The summed E-state index contributed by atoms with van der Waals surface area (Å²) in [5.41, 5.74) is -0.0944. The van der Waals surface area contributed by atoms with Crippen LogP contribution < -0.4 is 0 Å². The molecule has 130 valence electrons. The Morgan fingerprint density at radius 2 is 1.77 bits per heavy atom. The predicted molar refractivity (Wildman–Crippen MR) is 93.2 cm³/mol. The first-order valence-corrected chi connectivity index (χ1v) is 9.06. The number of Topliss-reactive ketones (excluding diaryl/α,β-unsaturated/α-hetero) is 1. The van der Waals surface area contributed by atoms with Gasteiger partial charge in [0.25, 0.3) is 0 Å². The fourth-order valence-corrected chi connectivity index (χ4v) is 3.84. The van der Waals surface area contributed by atoms with E-state index < -0.39 is 0 Å². The van der Waals surface area contributed by atoms with Gasteiger partial charge < -0.3 is 4.74 Å². The monoisotopic (exact) mass is 311 g/mol. The molecule has 1 fully saturated rings. The zero-order valence-electron chi connectivity index (χ0n) is 15.9. The van der Waals surface area contributed by atoms with E-state index in [-0.39, 0.29) is 23.1 Å². The number of ketones is 1. The van der Waals surface area contributed by atoms with Gasteiger partial charge in [0, 0.05) is 30.0 Å². The van der Waals surface area contributed by atoms with Gasteiger partial charge in [-0.25, -0.2) is 0 Å². The zero-order valence-corrected chi connectivity index (χ0v) is 15.9. The molecule has 1 heterocycles. The Morgan fingerprint density at radius 3 is 2.32 bits per heavy atom. The number of nitrogens with zero attached hydrogens (tertiary/aromatic N) is 1. The lowest BCUT2D eigenvalue weighted by Gasteiger charge is -2.57. The number of piperidine rings is 1. The average Bonchev–Trinajstić information content (AvgIpc) is 2.43. The molecule has 3 heteroatoms. The molecule has 0 aromatic rings. The van der Waals surface area contributed by atoms with Crippen LogP contribution >= 0.6 is 0 Å². The van der Waals surface area contributed by atoms with Crippen molar-refractivity contribution in [3.05, 3.63) is 0 Å². The third-order valence-electron chi connectivity index (χ3n) is 5.51. The molecule has 0 amide bonds. The van der Waals surface area contributed by atoms with Crippen LogP contribution in [-0.2, 0) is 9.53 Å². The van der Waals surface area contributed by atoms with Gasteiger partial charge in [0.1, 0.15) is 5.78 Å². The van der Waals surface area contributed by atoms with Crippen LogP contribution in [0.2, 0.25) is 0 Å². The van der Waals surface area contributed by atoms with Crippen molar-refractivity contribution in [3.8, 4) is 0 Å². The van der Waals surface area contributed by atoms with Gasteiger partial charge >= 0.3 is 0 Å². The fraction of sp³-hybridized carbons (Fsp3) is 0.947. The Kier molecular flexibility index (Phi) is 7.07. The Bertz CT molecular complexity index is 362. The quantitative estimate of drug-likeness (QED) is 0.621. The minimum Gasteiger partial charge on any atom is -0.376 e. The van der Waals surface area contributed by atoms with Gasteiger partial charge in [-0.1, -0.05) is 26.7 Å². The molecule has 1 rings (SSSR count). The molecular weight excluding hydrogens is 274 g/mol. The van der Waals surface area contributed by atoms with E-state index in [1.807, 2.05) is 0 Å². The molecule has 0 N–H and O–H groups in total. The molecule has 0 aromatic carbocycles. The first-order valence-electron chi connectivity index (χ1n) is 9.06. The summed E-state index contributed by atoms with van der Waals surface area (Å²) in [5, 5.41) is 0. The molecule has 0 spiro atoms. The summed E-state index contributed by atoms with van der Waals surface area (Å²) in [4.78, 5) is 15.1. The zero-order chi connectivity index (χ0) is 17.0.